The molecule has 0 bridgehead atoms. The minimum atomic E-state index is 0.850. The first-order chi connectivity index (χ1) is 29.2. The van der Waals surface area contributed by atoms with Crippen molar-refractivity contribution in [3.63, 3.8) is 0 Å². The van der Waals surface area contributed by atoms with Gasteiger partial charge in [0, 0.05) is 32.8 Å². The summed E-state index contributed by atoms with van der Waals surface area (Å²) in [5.41, 5.74) is 13.6. The summed E-state index contributed by atoms with van der Waals surface area (Å²) in [6, 6.07) is 75.9. The Kier molecular flexibility index (Phi) is 7.54. The van der Waals surface area contributed by atoms with Crippen LogP contribution in [0.3, 0.4) is 0 Å². The molecule has 2 aromatic heterocycles. The molecule has 0 saturated carbocycles. The third-order valence-electron chi connectivity index (χ3n) is 11.9. The van der Waals surface area contributed by atoms with Gasteiger partial charge in [-0.15, -0.1) is 0 Å². The van der Waals surface area contributed by atoms with Gasteiger partial charge >= 0.3 is 0 Å². The molecule has 0 unspecified atom stereocenters. The number of rotatable bonds is 6. The summed E-state index contributed by atoms with van der Waals surface area (Å²) in [6.07, 6.45) is 0. The van der Waals surface area contributed by atoms with E-state index >= 15 is 0 Å². The quantitative estimate of drug-likeness (QED) is 0.169. The van der Waals surface area contributed by atoms with Crippen LogP contribution in [0.1, 0.15) is 0 Å². The number of furan rings is 2. The van der Waals surface area contributed by atoms with E-state index in [-0.39, 0.29) is 0 Å². The van der Waals surface area contributed by atoms with Crippen molar-refractivity contribution < 1.29 is 8.83 Å². The van der Waals surface area contributed by atoms with Crippen LogP contribution in [-0.2, 0) is 0 Å². The zero-order valence-corrected chi connectivity index (χ0v) is 32.0. The Hall–Kier alpha value is -7.88. The molecular formula is C56H35NO2. The molecule has 0 aliphatic heterocycles. The molecule has 0 saturated heterocycles. The zero-order chi connectivity index (χ0) is 38.9. The predicted octanol–water partition coefficient (Wildman–Crippen LogP) is 16.3. The van der Waals surface area contributed by atoms with Crippen molar-refractivity contribution in [2.75, 3.05) is 4.90 Å². The van der Waals surface area contributed by atoms with Gasteiger partial charge in [-0.2, -0.15) is 0 Å². The smallest absolute Gasteiger partial charge is 0.143 e. The van der Waals surface area contributed by atoms with E-state index in [9.17, 15) is 0 Å². The normalized spacial score (nSPS) is 11.7. The van der Waals surface area contributed by atoms with Crippen LogP contribution in [0.2, 0.25) is 0 Å². The molecule has 10 aromatic carbocycles. The van der Waals surface area contributed by atoms with Crippen molar-refractivity contribution >= 4 is 82.5 Å². The Balaban J connectivity index is 1.11. The number of hydrogen-bond acceptors (Lipinski definition) is 3. The van der Waals surface area contributed by atoms with Gasteiger partial charge in [0.2, 0.25) is 0 Å². The fourth-order valence-electron chi connectivity index (χ4n) is 9.06. The monoisotopic (exact) mass is 753 g/mol. The van der Waals surface area contributed by atoms with Crippen LogP contribution in [0.4, 0.5) is 17.1 Å². The van der Waals surface area contributed by atoms with E-state index < -0.39 is 0 Å². The highest BCUT2D eigenvalue weighted by Crippen LogP contribution is 2.48. The lowest BCUT2D eigenvalue weighted by atomic mass is 9.93. The second kappa shape index (κ2) is 13.4. The van der Waals surface area contributed by atoms with Crippen LogP contribution >= 0.6 is 0 Å². The van der Waals surface area contributed by atoms with Crippen molar-refractivity contribution in [1.29, 1.82) is 0 Å². The second-order valence-electron chi connectivity index (χ2n) is 15.2. The fraction of sp³-hybridized carbons (Fsp3) is 0. The third-order valence-corrected chi connectivity index (χ3v) is 11.9. The molecular weight excluding hydrogens is 719 g/mol. The number of nitrogens with zero attached hydrogens (tertiary/aromatic N) is 1. The maximum Gasteiger partial charge on any atom is 0.143 e. The standard InChI is InChI=1S/C56H35NO2/c1-2-12-38(13-3-1)45-31-27-41(44-20-10-16-37-14-4-6-17-43(37)44)35-51(45)57(50-21-11-23-54-55(50)48-32-26-39-15-5-7-18-46(39)56(48)59-54)42-29-24-36(25-30-42)40-28-33-53-49(34-40)47-19-8-9-22-52(47)58-53/h1-35H. The molecule has 12 rings (SSSR count). The SMILES string of the molecule is c1ccc(-c2ccc(-c3cccc4ccccc34)cc2N(c2ccc(-c3ccc4oc5ccccc5c4c3)cc2)c2cccc3oc4c5ccccc5ccc4c23)cc1. The highest BCUT2D eigenvalue weighted by Gasteiger charge is 2.24. The number of para-hydroxylation sites is 1. The second-order valence-corrected chi connectivity index (χ2v) is 15.2. The van der Waals surface area contributed by atoms with E-state index in [1.807, 2.05) is 12.1 Å². The van der Waals surface area contributed by atoms with Gasteiger partial charge in [0.1, 0.15) is 22.3 Å². The van der Waals surface area contributed by atoms with E-state index in [2.05, 4.69) is 205 Å². The molecule has 59 heavy (non-hydrogen) atoms. The van der Waals surface area contributed by atoms with Crippen LogP contribution in [-0.4, -0.2) is 0 Å². The topological polar surface area (TPSA) is 29.5 Å². The molecule has 0 spiro atoms. The molecule has 2 heterocycles. The molecule has 0 N–H and O–H groups in total. The van der Waals surface area contributed by atoms with Gasteiger partial charge in [-0.3, -0.25) is 0 Å². The van der Waals surface area contributed by atoms with Gasteiger partial charge in [-0.25, -0.2) is 0 Å². The summed E-state index contributed by atoms with van der Waals surface area (Å²) >= 11 is 0. The summed E-state index contributed by atoms with van der Waals surface area (Å²) in [6.45, 7) is 0. The molecule has 0 aliphatic rings. The van der Waals surface area contributed by atoms with Gasteiger partial charge in [0.15, 0.2) is 0 Å². The fourth-order valence-corrected chi connectivity index (χ4v) is 9.06. The van der Waals surface area contributed by atoms with Crippen LogP contribution in [0.15, 0.2) is 221 Å². The number of hydrogen-bond donors (Lipinski definition) is 0. The average Bonchev–Trinajstić information content (AvgIpc) is 3.88. The van der Waals surface area contributed by atoms with Gasteiger partial charge in [0.05, 0.1) is 16.8 Å². The minimum Gasteiger partial charge on any atom is -0.456 e. The van der Waals surface area contributed by atoms with Crippen molar-refractivity contribution in [2.24, 2.45) is 0 Å². The first kappa shape index (κ1) is 33.3. The maximum absolute atomic E-state index is 6.79. The lowest BCUT2D eigenvalue weighted by Gasteiger charge is -2.29. The summed E-state index contributed by atoms with van der Waals surface area (Å²) in [5.74, 6) is 0. The summed E-state index contributed by atoms with van der Waals surface area (Å²) in [4.78, 5) is 2.43. The van der Waals surface area contributed by atoms with E-state index in [4.69, 9.17) is 8.83 Å². The Labute approximate surface area is 340 Å². The van der Waals surface area contributed by atoms with Gasteiger partial charge in [-0.05, 0) is 98.6 Å². The Morgan fingerprint density at radius 3 is 1.83 bits per heavy atom. The lowest BCUT2D eigenvalue weighted by Crippen LogP contribution is -2.12. The maximum atomic E-state index is 6.79. The summed E-state index contributed by atoms with van der Waals surface area (Å²) < 4.78 is 13.0. The Morgan fingerprint density at radius 2 is 0.966 bits per heavy atom. The highest BCUT2D eigenvalue weighted by molar-refractivity contribution is 6.20. The molecule has 12 aromatic rings. The Bertz CT molecular complexity index is 3550. The minimum absolute atomic E-state index is 0.850. The van der Waals surface area contributed by atoms with E-state index in [0.29, 0.717) is 0 Å². The molecule has 0 aliphatic carbocycles. The number of benzene rings is 10. The average molecular weight is 754 g/mol. The molecule has 0 fully saturated rings. The van der Waals surface area contributed by atoms with Crippen LogP contribution in [0.25, 0.3) is 98.8 Å². The molecule has 0 atom stereocenters. The first-order valence-corrected chi connectivity index (χ1v) is 20.1. The lowest BCUT2D eigenvalue weighted by molar-refractivity contribution is 0.669. The molecule has 3 heteroatoms. The van der Waals surface area contributed by atoms with Crippen LogP contribution in [0, 0.1) is 0 Å². The van der Waals surface area contributed by atoms with Crippen LogP contribution in [0.5, 0.6) is 0 Å². The highest BCUT2D eigenvalue weighted by atomic mass is 16.3. The van der Waals surface area contributed by atoms with E-state index in [1.165, 1.54) is 16.3 Å². The Morgan fingerprint density at radius 1 is 0.305 bits per heavy atom. The number of fused-ring (bicyclic) bond motifs is 9. The van der Waals surface area contributed by atoms with Gasteiger partial charge in [-0.1, -0.05) is 158 Å². The van der Waals surface area contributed by atoms with Gasteiger partial charge in [0.25, 0.3) is 0 Å². The van der Waals surface area contributed by atoms with Crippen LogP contribution < -0.4 is 4.90 Å². The largest absolute Gasteiger partial charge is 0.456 e. The first-order valence-electron chi connectivity index (χ1n) is 20.1. The van der Waals surface area contributed by atoms with Crippen molar-refractivity contribution in [3.8, 4) is 33.4 Å². The van der Waals surface area contributed by atoms with Gasteiger partial charge < -0.3 is 13.7 Å². The van der Waals surface area contributed by atoms with Crippen molar-refractivity contribution in [2.45, 2.75) is 0 Å². The molecule has 0 radical (unpaired) electrons. The summed E-state index contributed by atoms with van der Waals surface area (Å²) in [7, 11) is 0. The molecule has 276 valence electrons. The number of anilines is 3. The van der Waals surface area contributed by atoms with Crippen molar-refractivity contribution in [1.82, 2.24) is 0 Å². The zero-order valence-electron chi connectivity index (χ0n) is 32.0. The molecule has 3 nitrogen and oxygen atoms in total. The predicted molar refractivity (Wildman–Crippen MR) is 247 cm³/mol. The summed E-state index contributed by atoms with van der Waals surface area (Å²) in [5, 5.41) is 9.10. The van der Waals surface area contributed by atoms with Crippen molar-refractivity contribution in [3.05, 3.63) is 212 Å². The van der Waals surface area contributed by atoms with E-state index in [0.717, 1.165) is 99.5 Å². The molecule has 0 amide bonds. The third kappa shape index (κ3) is 5.44. The van der Waals surface area contributed by atoms with E-state index in [1.54, 1.807) is 0 Å².